The maximum Gasteiger partial charge on any atom is 0.140 e. The minimum Gasteiger partial charge on any atom is -0.497 e. The third kappa shape index (κ3) is 2.76. The number of rotatable bonds is 3. The number of hydrogen-bond donors (Lipinski definition) is 1. The monoisotopic (exact) mass is 323 g/mol. The van der Waals surface area contributed by atoms with E-state index in [4.69, 9.17) is 10.00 Å². The Kier molecular flexibility index (Phi) is 3.95. The molecule has 4 rings (SSSR count). The second-order valence-corrected chi connectivity index (χ2v) is 6.78. The summed E-state index contributed by atoms with van der Waals surface area (Å²) in [4.78, 5) is 11.0. The smallest absolute Gasteiger partial charge is 0.140 e. The third-order valence-corrected chi connectivity index (χ3v) is 5.00. The summed E-state index contributed by atoms with van der Waals surface area (Å²) in [6, 6.07) is 3.96. The van der Waals surface area contributed by atoms with Crippen LogP contribution in [0.3, 0.4) is 0 Å². The van der Waals surface area contributed by atoms with Gasteiger partial charge in [-0.3, -0.25) is 4.99 Å². The van der Waals surface area contributed by atoms with Crippen LogP contribution in [0, 0.1) is 17.2 Å². The van der Waals surface area contributed by atoms with Gasteiger partial charge < -0.3 is 15.0 Å². The first-order valence-corrected chi connectivity index (χ1v) is 8.46. The molecule has 0 aliphatic carbocycles. The van der Waals surface area contributed by atoms with Crippen LogP contribution in [0.15, 0.2) is 29.1 Å². The van der Waals surface area contributed by atoms with Crippen LogP contribution < -0.4 is 5.32 Å². The van der Waals surface area contributed by atoms with E-state index >= 15 is 0 Å². The molecule has 0 spiro atoms. The molecule has 4 heterocycles. The summed E-state index contributed by atoms with van der Waals surface area (Å²) in [6.45, 7) is 3.00. The second kappa shape index (κ2) is 6.25. The number of aromatic nitrogens is 1. The first-order chi connectivity index (χ1) is 11.7. The Morgan fingerprint density at radius 3 is 3.25 bits per heavy atom. The summed E-state index contributed by atoms with van der Waals surface area (Å²) in [5, 5.41) is 12.5. The van der Waals surface area contributed by atoms with E-state index in [1.165, 1.54) is 19.4 Å². The lowest BCUT2D eigenvalue weighted by atomic mass is 9.95. The highest BCUT2D eigenvalue weighted by Crippen LogP contribution is 2.42. The number of ether oxygens (including phenoxy) is 1. The molecule has 3 aliphatic rings. The number of pyridine rings is 1. The fourth-order valence-electron chi connectivity index (χ4n) is 3.83. The molecule has 0 amide bonds. The van der Waals surface area contributed by atoms with Crippen LogP contribution in [0.4, 0.5) is 5.69 Å². The molecule has 1 aromatic heterocycles. The highest BCUT2D eigenvalue weighted by molar-refractivity contribution is 5.76. The van der Waals surface area contributed by atoms with Crippen LogP contribution >= 0.6 is 0 Å². The lowest BCUT2D eigenvalue weighted by molar-refractivity contribution is 0.101. The number of fused-ring (bicyclic) bond motifs is 3. The quantitative estimate of drug-likeness (QED) is 0.922. The molecule has 3 atom stereocenters. The van der Waals surface area contributed by atoms with Gasteiger partial charge in [-0.05, 0) is 44.1 Å². The summed E-state index contributed by atoms with van der Waals surface area (Å²) in [5.41, 5.74) is 2.42. The van der Waals surface area contributed by atoms with E-state index in [1.807, 2.05) is 12.1 Å². The minimum atomic E-state index is -0.0650. The van der Waals surface area contributed by atoms with E-state index in [0.29, 0.717) is 11.6 Å². The number of piperidine rings is 1. The van der Waals surface area contributed by atoms with Crippen molar-refractivity contribution in [2.24, 2.45) is 10.9 Å². The molecule has 0 bridgehead atoms. The molecule has 1 fully saturated rings. The van der Waals surface area contributed by atoms with Gasteiger partial charge in [-0.1, -0.05) is 0 Å². The molecule has 1 saturated heterocycles. The summed E-state index contributed by atoms with van der Waals surface area (Å²) in [6.07, 6.45) is 7.87. The van der Waals surface area contributed by atoms with Crippen molar-refractivity contribution in [2.75, 3.05) is 32.1 Å². The van der Waals surface area contributed by atoms with E-state index in [9.17, 15) is 0 Å². The van der Waals surface area contributed by atoms with E-state index in [2.05, 4.69) is 33.3 Å². The number of dihydropyridines is 1. The third-order valence-electron chi connectivity index (χ3n) is 5.00. The highest BCUT2D eigenvalue weighted by Gasteiger charge is 2.37. The molecule has 6 nitrogen and oxygen atoms in total. The van der Waals surface area contributed by atoms with Crippen molar-refractivity contribution in [3.8, 4) is 6.07 Å². The first-order valence-electron chi connectivity index (χ1n) is 8.46. The fourth-order valence-corrected chi connectivity index (χ4v) is 3.83. The molecule has 6 heteroatoms. The zero-order valence-electron chi connectivity index (χ0n) is 13.8. The maximum atomic E-state index is 9.12. The van der Waals surface area contributed by atoms with Gasteiger partial charge in [0.05, 0.1) is 24.4 Å². The van der Waals surface area contributed by atoms with Gasteiger partial charge in [-0.2, -0.15) is 5.26 Å². The number of nitriles is 1. The van der Waals surface area contributed by atoms with Crippen LogP contribution in [0.2, 0.25) is 0 Å². The van der Waals surface area contributed by atoms with Gasteiger partial charge in [0.25, 0.3) is 0 Å². The van der Waals surface area contributed by atoms with Crippen molar-refractivity contribution in [3.63, 3.8) is 0 Å². The Labute approximate surface area is 141 Å². The first kappa shape index (κ1) is 15.2. The molecule has 124 valence electrons. The Balaban J connectivity index is 1.52. The fraction of sp³-hybridized carbons (Fsp3) is 0.500. The van der Waals surface area contributed by atoms with Crippen molar-refractivity contribution in [3.05, 3.63) is 35.4 Å². The van der Waals surface area contributed by atoms with Crippen molar-refractivity contribution in [1.82, 2.24) is 9.88 Å². The van der Waals surface area contributed by atoms with E-state index < -0.39 is 0 Å². The van der Waals surface area contributed by atoms with Crippen LogP contribution in [0.1, 0.15) is 30.0 Å². The average Bonchev–Trinajstić information content (AvgIpc) is 2.98. The molecule has 1 N–H and O–H groups in total. The van der Waals surface area contributed by atoms with Gasteiger partial charge in [0.15, 0.2) is 0 Å². The van der Waals surface area contributed by atoms with E-state index in [0.717, 1.165) is 30.2 Å². The van der Waals surface area contributed by atoms with E-state index in [1.54, 1.807) is 12.4 Å². The average molecular weight is 323 g/mol. The largest absolute Gasteiger partial charge is 0.497 e. The van der Waals surface area contributed by atoms with Gasteiger partial charge in [0.1, 0.15) is 23.7 Å². The van der Waals surface area contributed by atoms with Crippen molar-refractivity contribution in [2.45, 2.75) is 24.9 Å². The van der Waals surface area contributed by atoms with Gasteiger partial charge in [-0.15, -0.1) is 0 Å². The van der Waals surface area contributed by atoms with E-state index in [-0.39, 0.29) is 12.1 Å². The maximum absolute atomic E-state index is 9.12. The summed E-state index contributed by atoms with van der Waals surface area (Å²) in [7, 11) is 2.17. The number of aliphatic imine (C=N–C) groups is 1. The molecular weight excluding hydrogens is 302 g/mol. The predicted octanol–water partition coefficient (Wildman–Crippen LogP) is 2.12. The van der Waals surface area contributed by atoms with Gasteiger partial charge in [-0.25, -0.2) is 4.98 Å². The number of allylic oxidation sites excluding steroid dienone is 1. The Hall–Kier alpha value is -2.39. The summed E-state index contributed by atoms with van der Waals surface area (Å²) >= 11 is 0. The van der Waals surface area contributed by atoms with Gasteiger partial charge in [0, 0.05) is 18.7 Å². The van der Waals surface area contributed by atoms with Crippen molar-refractivity contribution >= 4 is 11.9 Å². The van der Waals surface area contributed by atoms with Gasteiger partial charge >= 0.3 is 0 Å². The van der Waals surface area contributed by atoms with Crippen molar-refractivity contribution in [1.29, 1.82) is 5.26 Å². The molecular formula is C18H21N5O. The summed E-state index contributed by atoms with van der Waals surface area (Å²) < 4.78 is 6.21. The minimum absolute atomic E-state index is 0.0291. The number of hydrogen-bond acceptors (Lipinski definition) is 6. The number of anilines is 1. The molecule has 0 aromatic carbocycles. The highest BCUT2D eigenvalue weighted by atomic mass is 16.5. The second-order valence-electron chi connectivity index (χ2n) is 6.78. The molecule has 0 radical (unpaired) electrons. The van der Waals surface area contributed by atoms with Crippen molar-refractivity contribution < 1.29 is 4.74 Å². The molecule has 2 unspecified atom stereocenters. The van der Waals surface area contributed by atoms with Crippen LogP contribution in [-0.4, -0.2) is 49.0 Å². The Morgan fingerprint density at radius 2 is 2.42 bits per heavy atom. The molecule has 24 heavy (non-hydrogen) atoms. The number of nitrogens with one attached hydrogen (secondary N) is 1. The standard InChI is InChI=1S/C18H21N5O/c1-23-6-2-3-12(10-23)11-24-16-4-5-20-18-17(16)14-7-13(8-19)21-9-15(14)22-18/h4-5,7,9,12,17-18,22H,2-3,6,10-11H2,1H3/t12-,17?,18?/m1/s1. The summed E-state index contributed by atoms with van der Waals surface area (Å²) in [5.74, 6) is 1.54. The van der Waals surface area contributed by atoms with Gasteiger partial charge in [0.2, 0.25) is 0 Å². The lowest BCUT2D eigenvalue weighted by Crippen LogP contribution is -2.34. The van der Waals surface area contributed by atoms with Crippen LogP contribution in [-0.2, 0) is 4.74 Å². The number of nitrogens with zero attached hydrogens (tertiary/aromatic N) is 4. The molecule has 0 saturated carbocycles. The normalized spacial score (nSPS) is 28.3. The molecule has 3 aliphatic heterocycles. The van der Waals surface area contributed by atoms with Crippen LogP contribution in [0.5, 0.6) is 0 Å². The Morgan fingerprint density at radius 1 is 1.50 bits per heavy atom. The SMILES string of the molecule is CN1CCC[C@@H](COC2=CC=NC3Nc4cnc(C#N)cc4C23)C1. The predicted molar refractivity (Wildman–Crippen MR) is 91.9 cm³/mol. The molecule has 1 aromatic rings. The lowest BCUT2D eigenvalue weighted by Gasteiger charge is -2.31. The Bertz CT molecular complexity index is 735. The van der Waals surface area contributed by atoms with Crippen LogP contribution in [0.25, 0.3) is 0 Å². The topological polar surface area (TPSA) is 73.5 Å². The number of likely N-dealkylation sites (tertiary alicyclic amines) is 1. The zero-order valence-corrected chi connectivity index (χ0v) is 13.8. The zero-order chi connectivity index (χ0) is 16.5.